The Morgan fingerprint density at radius 2 is 2.42 bits per heavy atom. The van der Waals surface area contributed by atoms with Crippen molar-refractivity contribution in [1.29, 1.82) is 0 Å². The van der Waals surface area contributed by atoms with Crippen molar-refractivity contribution < 1.29 is 0 Å². The number of alkyl halides is 1. The summed E-state index contributed by atoms with van der Waals surface area (Å²) in [5, 5.41) is 0. The van der Waals surface area contributed by atoms with Crippen molar-refractivity contribution in [3.05, 3.63) is 35.7 Å². The average molecular weight is 182 g/mol. The molecule has 0 radical (unpaired) electrons. The molecule has 0 bridgehead atoms. The largest absolute Gasteiger partial charge is 0.264 e. The van der Waals surface area contributed by atoms with Gasteiger partial charge in [0.25, 0.3) is 0 Å². The number of aryl methyl sites for hydroxylation is 1. The monoisotopic (exact) mass is 181 g/mol. The van der Waals surface area contributed by atoms with Crippen LogP contribution in [-0.4, -0.2) is 10.9 Å². The van der Waals surface area contributed by atoms with Crippen LogP contribution in [0.25, 0.3) is 6.08 Å². The van der Waals surface area contributed by atoms with E-state index in [1.165, 1.54) is 11.1 Å². The van der Waals surface area contributed by atoms with Gasteiger partial charge in [-0.15, -0.1) is 11.6 Å². The number of aromatic nitrogens is 1. The Balaban J connectivity index is 2.68. The highest BCUT2D eigenvalue weighted by Gasteiger charge is 1.90. The smallest absolute Gasteiger partial charge is 0.0303 e. The first-order valence-electron chi connectivity index (χ1n) is 3.97. The number of hydrogen-bond donors (Lipinski definition) is 0. The Bertz CT molecular complexity index is 268. The summed E-state index contributed by atoms with van der Waals surface area (Å²) >= 11 is 5.54. The molecule has 0 aromatic carbocycles. The molecule has 0 aliphatic rings. The van der Waals surface area contributed by atoms with E-state index in [1.54, 1.807) is 6.20 Å². The van der Waals surface area contributed by atoms with Crippen molar-refractivity contribution in [1.82, 2.24) is 4.98 Å². The molecule has 0 spiro atoms. The van der Waals surface area contributed by atoms with Crippen LogP contribution in [0.2, 0.25) is 0 Å². The molecule has 64 valence electrons. The summed E-state index contributed by atoms with van der Waals surface area (Å²) in [6.07, 6.45) is 8.74. The van der Waals surface area contributed by atoms with Crippen LogP contribution in [0.15, 0.2) is 24.5 Å². The van der Waals surface area contributed by atoms with E-state index in [4.69, 9.17) is 11.6 Å². The fraction of sp³-hybridized carbons (Fsp3) is 0.300. The van der Waals surface area contributed by atoms with Crippen molar-refractivity contribution in [2.24, 2.45) is 0 Å². The highest BCUT2D eigenvalue weighted by molar-refractivity contribution is 6.17. The van der Waals surface area contributed by atoms with E-state index in [1.807, 2.05) is 19.2 Å². The molecule has 0 unspecified atom stereocenters. The second-order valence-corrected chi connectivity index (χ2v) is 2.99. The summed E-state index contributed by atoms with van der Waals surface area (Å²) in [6.45, 7) is 2.05. The van der Waals surface area contributed by atoms with E-state index in [0.717, 1.165) is 6.42 Å². The standard InChI is InChI=1S/C10H12ClN/c1-9-8-12-7-5-10(9)4-2-3-6-11/h2,4-5,7-8H,3,6H2,1H3. The summed E-state index contributed by atoms with van der Waals surface area (Å²) in [5.41, 5.74) is 2.42. The molecule has 0 N–H and O–H groups in total. The van der Waals surface area contributed by atoms with Gasteiger partial charge in [0.2, 0.25) is 0 Å². The molecule has 1 nitrogen and oxygen atoms in total. The molecule has 0 aliphatic heterocycles. The van der Waals surface area contributed by atoms with Crippen molar-refractivity contribution >= 4 is 17.7 Å². The van der Waals surface area contributed by atoms with Gasteiger partial charge in [-0.2, -0.15) is 0 Å². The SMILES string of the molecule is Cc1cnccc1C=CCCCl. The lowest BCUT2D eigenvalue weighted by Gasteiger charge is -1.96. The Morgan fingerprint density at radius 1 is 1.58 bits per heavy atom. The third-order valence-corrected chi connectivity index (χ3v) is 1.86. The molecular weight excluding hydrogens is 170 g/mol. The number of hydrogen-bond acceptors (Lipinski definition) is 1. The molecule has 1 aromatic rings. The van der Waals surface area contributed by atoms with Crippen LogP contribution in [0.1, 0.15) is 17.5 Å². The first-order valence-corrected chi connectivity index (χ1v) is 4.51. The lowest BCUT2D eigenvalue weighted by molar-refractivity contribution is 1.23. The number of pyridine rings is 1. The van der Waals surface area contributed by atoms with E-state index < -0.39 is 0 Å². The molecular formula is C10H12ClN. The fourth-order valence-electron chi connectivity index (χ4n) is 0.944. The molecule has 0 amide bonds. The first kappa shape index (κ1) is 9.27. The van der Waals surface area contributed by atoms with Crippen LogP contribution in [0.5, 0.6) is 0 Å². The van der Waals surface area contributed by atoms with Gasteiger partial charge in [-0.1, -0.05) is 12.2 Å². The molecule has 0 saturated heterocycles. The summed E-state index contributed by atoms with van der Waals surface area (Å²) in [4.78, 5) is 4.01. The van der Waals surface area contributed by atoms with Gasteiger partial charge < -0.3 is 0 Å². The summed E-state index contributed by atoms with van der Waals surface area (Å²) in [6, 6.07) is 2.00. The molecule has 1 heterocycles. The van der Waals surface area contributed by atoms with Crippen molar-refractivity contribution in [3.8, 4) is 0 Å². The first-order chi connectivity index (χ1) is 5.84. The Morgan fingerprint density at radius 3 is 3.08 bits per heavy atom. The predicted molar refractivity (Wildman–Crippen MR) is 53.3 cm³/mol. The second-order valence-electron chi connectivity index (χ2n) is 2.61. The topological polar surface area (TPSA) is 12.9 Å². The summed E-state index contributed by atoms with van der Waals surface area (Å²) in [5.74, 6) is 0.681. The van der Waals surface area contributed by atoms with Gasteiger partial charge in [-0.25, -0.2) is 0 Å². The Hall–Kier alpha value is -0.820. The van der Waals surface area contributed by atoms with Crippen molar-refractivity contribution in [2.75, 3.05) is 5.88 Å². The van der Waals surface area contributed by atoms with Gasteiger partial charge >= 0.3 is 0 Å². The van der Waals surface area contributed by atoms with Crippen LogP contribution in [0, 0.1) is 6.92 Å². The van der Waals surface area contributed by atoms with Crippen molar-refractivity contribution in [3.63, 3.8) is 0 Å². The van der Waals surface area contributed by atoms with E-state index >= 15 is 0 Å². The van der Waals surface area contributed by atoms with Gasteiger partial charge in [-0.3, -0.25) is 4.98 Å². The van der Waals surface area contributed by atoms with Crippen LogP contribution in [-0.2, 0) is 0 Å². The Labute approximate surface area is 78.1 Å². The number of nitrogens with zero attached hydrogens (tertiary/aromatic N) is 1. The average Bonchev–Trinajstić information content (AvgIpc) is 2.09. The number of allylic oxidation sites excluding steroid dienone is 1. The Kier molecular flexibility index (Phi) is 3.81. The van der Waals surface area contributed by atoms with Gasteiger partial charge in [0, 0.05) is 18.3 Å². The van der Waals surface area contributed by atoms with E-state index in [-0.39, 0.29) is 0 Å². The predicted octanol–water partition coefficient (Wildman–Crippen LogP) is 3.03. The molecule has 0 atom stereocenters. The molecule has 1 rings (SSSR count). The zero-order valence-electron chi connectivity index (χ0n) is 7.13. The van der Waals surface area contributed by atoms with Crippen LogP contribution in [0.3, 0.4) is 0 Å². The van der Waals surface area contributed by atoms with Crippen molar-refractivity contribution in [2.45, 2.75) is 13.3 Å². The zero-order valence-corrected chi connectivity index (χ0v) is 7.88. The van der Waals surface area contributed by atoms with Gasteiger partial charge in [0.05, 0.1) is 0 Å². The molecule has 0 aliphatic carbocycles. The van der Waals surface area contributed by atoms with Gasteiger partial charge in [0.15, 0.2) is 0 Å². The quantitative estimate of drug-likeness (QED) is 0.654. The van der Waals surface area contributed by atoms with E-state index in [9.17, 15) is 0 Å². The van der Waals surface area contributed by atoms with Gasteiger partial charge in [-0.05, 0) is 30.5 Å². The van der Waals surface area contributed by atoms with Crippen LogP contribution < -0.4 is 0 Å². The lowest BCUT2D eigenvalue weighted by atomic mass is 10.1. The fourth-order valence-corrected chi connectivity index (χ4v) is 1.07. The summed E-state index contributed by atoms with van der Waals surface area (Å²) in [7, 11) is 0. The molecule has 1 aromatic heterocycles. The third kappa shape index (κ3) is 2.67. The molecule has 0 saturated carbocycles. The maximum atomic E-state index is 5.54. The minimum atomic E-state index is 0.681. The number of halogens is 1. The van der Waals surface area contributed by atoms with E-state index in [2.05, 4.69) is 17.1 Å². The minimum Gasteiger partial charge on any atom is -0.264 e. The molecule has 2 heteroatoms. The lowest BCUT2D eigenvalue weighted by Crippen LogP contribution is -1.81. The molecule has 0 fully saturated rings. The third-order valence-electron chi connectivity index (χ3n) is 1.64. The molecule has 12 heavy (non-hydrogen) atoms. The van der Waals surface area contributed by atoms with Crippen LogP contribution >= 0.6 is 11.6 Å². The minimum absolute atomic E-state index is 0.681. The maximum Gasteiger partial charge on any atom is 0.0303 e. The highest BCUT2D eigenvalue weighted by Crippen LogP contribution is 2.07. The van der Waals surface area contributed by atoms with Crippen LogP contribution in [0.4, 0.5) is 0 Å². The zero-order chi connectivity index (χ0) is 8.81. The normalized spacial score (nSPS) is 10.8. The maximum absolute atomic E-state index is 5.54. The van der Waals surface area contributed by atoms with Gasteiger partial charge in [0.1, 0.15) is 0 Å². The number of rotatable bonds is 3. The second kappa shape index (κ2) is 4.94. The van der Waals surface area contributed by atoms with E-state index in [0.29, 0.717) is 5.88 Å². The summed E-state index contributed by atoms with van der Waals surface area (Å²) < 4.78 is 0. The highest BCUT2D eigenvalue weighted by atomic mass is 35.5.